The molecule has 142 valence electrons. The van der Waals surface area contributed by atoms with Crippen molar-refractivity contribution in [2.24, 2.45) is 5.41 Å². The number of rotatable bonds is 7. The summed E-state index contributed by atoms with van der Waals surface area (Å²) in [6.45, 7) is 1.41. The SMILES string of the molecule is CC(=O)N(SC=CC#N)C1C(=O)N2CC(CSC=CC#N)(C(=O)O)CS[C@H]12. The van der Waals surface area contributed by atoms with Crippen molar-refractivity contribution in [3.8, 4) is 12.1 Å². The van der Waals surface area contributed by atoms with Crippen molar-refractivity contribution in [3.63, 3.8) is 0 Å². The van der Waals surface area contributed by atoms with Crippen molar-refractivity contribution < 1.29 is 19.5 Å². The lowest BCUT2D eigenvalue weighted by atomic mass is 9.89. The molecule has 0 saturated carbocycles. The second kappa shape index (κ2) is 9.22. The Balaban J connectivity index is 2.11. The summed E-state index contributed by atoms with van der Waals surface area (Å²) >= 11 is 3.54. The van der Waals surface area contributed by atoms with Crippen LogP contribution in [0.5, 0.6) is 0 Å². The first-order chi connectivity index (χ1) is 12.9. The van der Waals surface area contributed by atoms with Crippen LogP contribution in [0.15, 0.2) is 23.0 Å². The zero-order valence-corrected chi connectivity index (χ0v) is 16.7. The number of carboxylic acids is 1. The van der Waals surface area contributed by atoms with Gasteiger partial charge >= 0.3 is 5.97 Å². The molecule has 11 heteroatoms. The number of carbonyl (C=O) groups is 3. The van der Waals surface area contributed by atoms with E-state index in [1.54, 1.807) is 0 Å². The Hall–Kier alpha value is -2.08. The van der Waals surface area contributed by atoms with Gasteiger partial charge in [0, 0.05) is 42.5 Å². The van der Waals surface area contributed by atoms with Crippen LogP contribution in [-0.4, -0.2) is 61.6 Å². The number of nitrogens with zero attached hydrogens (tertiary/aromatic N) is 4. The zero-order chi connectivity index (χ0) is 20.0. The predicted octanol–water partition coefficient (Wildman–Crippen LogP) is 1.65. The van der Waals surface area contributed by atoms with Crippen molar-refractivity contribution in [3.05, 3.63) is 23.0 Å². The van der Waals surface area contributed by atoms with Crippen LogP contribution in [0.4, 0.5) is 0 Å². The van der Waals surface area contributed by atoms with E-state index < -0.39 is 17.4 Å². The van der Waals surface area contributed by atoms with E-state index in [1.165, 1.54) is 62.6 Å². The van der Waals surface area contributed by atoms with Crippen molar-refractivity contribution >= 4 is 53.3 Å². The van der Waals surface area contributed by atoms with Gasteiger partial charge in [0.1, 0.15) is 10.8 Å². The maximum Gasteiger partial charge on any atom is 0.313 e. The Kier molecular flexibility index (Phi) is 7.25. The van der Waals surface area contributed by atoms with E-state index in [9.17, 15) is 19.5 Å². The van der Waals surface area contributed by atoms with Crippen LogP contribution in [0.25, 0.3) is 0 Å². The van der Waals surface area contributed by atoms with Gasteiger partial charge in [-0.2, -0.15) is 10.5 Å². The summed E-state index contributed by atoms with van der Waals surface area (Å²) in [5, 5.41) is 29.5. The molecule has 0 aromatic heterocycles. The van der Waals surface area contributed by atoms with Gasteiger partial charge in [-0.05, 0) is 17.4 Å². The Labute approximate surface area is 169 Å². The minimum absolute atomic E-state index is 0.0627. The van der Waals surface area contributed by atoms with Crippen LogP contribution in [0.2, 0.25) is 0 Å². The van der Waals surface area contributed by atoms with Gasteiger partial charge in [-0.1, -0.05) is 0 Å². The molecule has 2 rings (SSSR count). The third kappa shape index (κ3) is 4.43. The van der Waals surface area contributed by atoms with E-state index >= 15 is 0 Å². The van der Waals surface area contributed by atoms with Crippen LogP contribution in [0, 0.1) is 28.1 Å². The molecule has 0 radical (unpaired) electrons. The van der Waals surface area contributed by atoms with Crippen LogP contribution in [0.1, 0.15) is 6.92 Å². The van der Waals surface area contributed by atoms with Crippen LogP contribution in [-0.2, 0) is 14.4 Å². The van der Waals surface area contributed by atoms with Crippen molar-refractivity contribution in [2.45, 2.75) is 18.3 Å². The van der Waals surface area contributed by atoms with Crippen LogP contribution < -0.4 is 0 Å². The summed E-state index contributed by atoms with van der Waals surface area (Å²) in [5.41, 5.74) is -1.11. The number of fused-ring (bicyclic) bond motifs is 1. The second-order valence-corrected chi connectivity index (χ2v) is 8.70. The number of nitriles is 2. The molecule has 3 atom stereocenters. The van der Waals surface area contributed by atoms with E-state index in [0.29, 0.717) is 5.75 Å². The maximum absolute atomic E-state index is 12.6. The Morgan fingerprint density at radius 3 is 2.67 bits per heavy atom. The molecule has 2 aliphatic rings. The molecular formula is C16H16N4O4S3. The van der Waals surface area contributed by atoms with E-state index in [2.05, 4.69) is 0 Å². The monoisotopic (exact) mass is 424 g/mol. The Morgan fingerprint density at radius 1 is 1.41 bits per heavy atom. The van der Waals surface area contributed by atoms with Gasteiger partial charge in [-0.15, -0.1) is 23.5 Å². The highest BCUT2D eigenvalue weighted by atomic mass is 32.2. The van der Waals surface area contributed by atoms with Gasteiger partial charge in [0.05, 0.1) is 12.1 Å². The van der Waals surface area contributed by atoms with Gasteiger partial charge in [-0.25, -0.2) is 0 Å². The van der Waals surface area contributed by atoms with Crippen LogP contribution >= 0.6 is 35.5 Å². The highest BCUT2D eigenvalue weighted by molar-refractivity contribution is 8.02. The number of carboxylic acid groups (broad SMARTS) is 1. The van der Waals surface area contributed by atoms with E-state index in [4.69, 9.17) is 10.5 Å². The largest absolute Gasteiger partial charge is 0.481 e. The first kappa shape index (κ1) is 21.2. The van der Waals surface area contributed by atoms with E-state index in [0.717, 1.165) is 11.9 Å². The lowest BCUT2D eigenvalue weighted by Crippen LogP contribution is -2.73. The number of hydrogen-bond acceptors (Lipinski definition) is 8. The van der Waals surface area contributed by atoms with Crippen molar-refractivity contribution in [2.75, 3.05) is 18.1 Å². The minimum Gasteiger partial charge on any atom is -0.481 e. The van der Waals surface area contributed by atoms with E-state index in [-0.39, 0.29) is 29.5 Å². The van der Waals surface area contributed by atoms with E-state index in [1.807, 2.05) is 12.1 Å². The molecule has 2 fully saturated rings. The summed E-state index contributed by atoms with van der Waals surface area (Å²) in [5.74, 6) is -1.06. The van der Waals surface area contributed by atoms with Gasteiger partial charge in [0.25, 0.3) is 5.91 Å². The third-order valence-electron chi connectivity index (χ3n) is 4.05. The number of β-lactam (4-membered cyclic amide) rings is 1. The first-order valence-corrected chi connectivity index (χ1v) is 10.6. The fourth-order valence-electron chi connectivity index (χ4n) is 2.71. The van der Waals surface area contributed by atoms with Crippen molar-refractivity contribution in [1.29, 1.82) is 10.5 Å². The average Bonchev–Trinajstić information content (AvgIpc) is 2.64. The summed E-state index contributed by atoms with van der Waals surface area (Å²) in [7, 11) is 0. The molecule has 0 spiro atoms. The molecule has 27 heavy (non-hydrogen) atoms. The molecule has 2 heterocycles. The molecule has 2 aliphatic heterocycles. The molecule has 0 aromatic carbocycles. The molecule has 0 bridgehead atoms. The fourth-order valence-corrected chi connectivity index (χ4v) is 6.13. The number of hydrogen-bond donors (Lipinski definition) is 1. The summed E-state index contributed by atoms with van der Waals surface area (Å²) in [6, 6.07) is 2.99. The minimum atomic E-state index is -1.11. The number of allylic oxidation sites excluding steroid dienone is 2. The smallest absolute Gasteiger partial charge is 0.313 e. The van der Waals surface area contributed by atoms with Gasteiger partial charge in [0.2, 0.25) is 5.91 Å². The average molecular weight is 425 g/mol. The topological polar surface area (TPSA) is 125 Å². The maximum atomic E-state index is 12.6. The lowest BCUT2D eigenvalue weighted by Gasteiger charge is -2.55. The quantitative estimate of drug-likeness (QED) is 0.369. The molecule has 2 unspecified atom stereocenters. The normalized spacial score (nSPS) is 26.9. The Bertz CT molecular complexity index is 773. The molecule has 0 aromatic rings. The predicted molar refractivity (Wildman–Crippen MR) is 104 cm³/mol. The first-order valence-electron chi connectivity index (χ1n) is 7.71. The van der Waals surface area contributed by atoms with Gasteiger partial charge < -0.3 is 10.0 Å². The molecule has 2 amide bonds. The summed E-state index contributed by atoms with van der Waals surface area (Å²) in [4.78, 5) is 37.9. The standard InChI is InChI=1S/C16H16N4O4S3/c1-11(21)20(27-7-3-5-18)12-13(22)19-8-16(15(23)24,10-26-14(12)19)9-25-6-2-4-17/h2-3,6-7,12,14H,8-10H2,1H3,(H,23,24)/t12?,14-,16?/m1/s1. The fraction of sp³-hybridized carbons (Fsp3) is 0.438. The number of amides is 2. The highest BCUT2D eigenvalue weighted by Crippen LogP contribution is 2.46. The molecule has 1 N–H and O–H groups in total. The highest BCUT2D eigenvalue weighted by Gasteiger charge is 2.59. The Morgan fingerprint density at radius 2 is 2.07 bits per heavy atom. The molecular weight excluding hydrogens is 408 g/mol. The van der Waals surface area contributed by atoms with Gasteiger partial charge in [0.15, 0.2) is 6.04 Å². The third-order valence-corrected chi connectivity index (χ3v) is 7.64. The molecule has 8 nitrogen and oxygen atoms in total. The lowest BCUT2D eigenvalue weighted by molar-refractivity contribution is -0.161. The summed E-state index contributed by atoms with van der Waals surface area (Å²) < 4.78 is 1.32. The zero-order valence-electron chi connectivity index (χ0n) is 14.3. The van der Waals surface area contributed by atoms with Crippen molar-refractivity contribution in [1.82, 2.24) is 9.21 Å². The van der Waals surface area contributed by atoms with Crippen LogP contribution in [0.3, 0.4) is 0 Å². The molecule has 0 aliphatic carbocycles. The molecule has 2 saturated heterocycles. The second-order valence-electron chi connectivity index (χ2n) is 5.82. The van der Waals surface area contributed by atoms with Gasteiger partial charge in [-0.3, -0.25) is 18.7 Å². The number of carbonyl (C=O) groups excluding carboxylic acids is 2. The summed E-state index contributed by atoms with van der Waals surface area (Å²) in [6.07, 6.45) is 2.50. The number of aliphatic carboxylic acids is 1. The number of thioether (sulfide) groups is 2.